The van der Waals surface area contributed by atoms with Crippen LogP contribution in [0.5, 0.6) is 0 Å². The summed E-state index contributed by atoms with van der Waals surface area (Å²) < 4.78 is 12.1. The topological polar surface area (TPSA) is 26.3 Å². The zero-order chi connectivity index (χ0) is 21.2. The minimum Gasteiger partial charge on any atom is -0.255 e. The zero-order valence-corrected chi connectivity index (χ0v) is 19.6. The Labute approximate surface area is 178 Å². The first-order valence-corrected chi connectivity index (χ1v) is 12.7. The molecule has 0 aromatic rings. The van der Waals surface area contributed by atoms with Gasteiger partial charge in [0.1, 0.15) is 0 Å². The van der Waals surface area contributed by atoms with Gasteiger partial charge in [0.25, 0.3) is 0 Å². The number of hydrogen-bond donors (Lipinski definition) is 0. The molecule has 4 aliphatic rings. The molecule has 4 saturated carbocycles. The Bertz CT molecular complexity index is 563. The first-order chi connectivity index (χ1) is 13.9. The Morgan fingerprint density at radius 3 is 2.41 bits per heavy atom. The van der Waals surface area contributed by atoms with E-state index in [4.69, 9.17) is 0 Å². The average Bonchev–Trinajstić information content (AvgIpc) is 3.10. The number of carbonyl (C=O) groups excluding carboxylic acids is 1. The predicted octanol–water partition coefficient (Wildman–Crippen LogP) is 7.91. The summed E-state index contributed by atoms with van der Waals surface area (Å²) in [6, 6.07) is 0. The quantitative estimate of drug-likeness (QED) is 0.472. The molecule has 0 aromatic heterocycles. The number of carbonyl (C=O) groups is 1. The normalized spacial score (nSPS) is 44.4. The zero-order valence-electron chi connectivity index (χ0n) is 19.6. The largest absolute Gasteiger partial charge is 0.348 e. The fourth-order valence-electron chi connectivity index (χ4n) is 8.86. The van der Waals surface area contributed by atoms with E-state index in [9.17, 15) is 9.32 Å². The van der Waals surface area contributed by atoms with Crippen LogP contribution in [0.3, 0.4) is 0 Å². The predicted molar refractivity (Wildman–Crippen MR) is 117 cm³/mol. The molecule has 2 nitrogen and oxygen atoms in total. The van der Waals surface area contributed by atoms with Crippen LogP contribution in [0.4, 0.5) is 4.53 Å². The Morgan fingerprint density at radius 1 is 0.966 bits per heavy atom. The molecular formula is C26H45FO2. The van der Waals surface area contributed by atoms with Crippen LogP contribution in [-0.4, -0.2) is 5.97 Å². The van der Waals surface area contributed by atoms with E-state index in [1.165, 1.54) is 64.2 Å². The number of halogens is 1. The third kappa shape index (κ3) is 4.01. The molecule has 0 aromatic carbocycles. The second kappa shape index (κ2) is 9.27. The monoisotopic (exact) mass is 408 g/mol. The van der Waals surface area contributed by atoms with Crippen LogP contribution in [0.2, 0.25) is 0 Å². The van der Waals surface area contributed by atoms with Crippen LogP contribution >= 0.6 is 0 Å². The molecule has 168 valence electrons. The molecule has 7 unspecified atom stereocenters. The van der Waals surface area contributed by atoms with E-state index in [0.717, 1.165) is 30.1 Å². The lowest BCUT2D eigenvalue weighted by molar-refractivity contribution is -0.184. The maximum absolute atomic E-state index is 12.1. The van der Waals surface area contributed by atoms with E-state index in [-0.39, 0.29) is 6.42 Å². The minimum absolute atomic E-state index is 0.223. The van der Waals surface area contributed by atoms with Gasteiger partial charge in [-0.15, -0.1) is 0 Å². The second-order valence-electron chi connectivity index (χ2n) is 11.1. The summed E-state index contributed by atoms with van der Waals surface area (Å²) in [5, 5.41) is 0. The fraction of sp³-hybridized carbons (Fsp3) is 0.962. The van der Waals surface area contributed by atoms with Gasteiger partial charge >= 0.3 is 5.97 Å². The van der Waals surface area contributed by atoms with Gasteiger partial charge in [-0.25, -0.2) is 4.79 Å². The average molecular weight is 409 g/mol. The Morgan fingerprint density at radius 2 is 1.69 bits per heavy atom. The van der Waals surface area contributed by atoms with Crippen molar-refractivity contribution in [2.45, 2.75) is 112 Å². The standard InChI is InChI=1S/C24H39FO2.C2H6/c1-16(7-12-22(26)27-25)19-10-11-20-18-9-8-17-6-4-5-14-23(17,2)21(18)13-15-24(19,20)3;1-2/h16-21H,4-15H2,1-3H3;1-2H3/t16-,17?,18?,19?,20?,21?,23?,24?;/m1./s1. The second-order valence-corrected chi connectivity index (χ2v) is 11.1. The third-order valence-corrected chi connectivity index (χ3v) is 10.2. The summed E-state index contributed by atoms with van der Waals surface area (Å²) in [5.41, 5.74) is 1.04. The number of hydrogen-bond acceptors (Lipinski definition) is 2. The Kier molecular flexibility index (Phi) is 7.37. The highest BCUT2D eigenvalue weighted by molar-refractivity contribution is 5.68. The van der Waals surface area contributed by atoms with Crippen molar-refractivity contribution in [2.75, 3.05) is 0 Å². The first kappa shape index (κ1) is 23.1. The molecule has 3 heteroatoms. The Balaban J connectivity index is 0.00000117. The van der Waals surface area contributed by atoms with Gasteiger partial charge in [0, 0.05) is 10.9 Å². The van der Waals surface area contributed by atoms with Crippen molar-refractivity contribution >= 4 is 5.97 Å². The molecular weight excluding hydrogens is 363 g/mol. The summed E-state index contributed by atoms with van der Waals surface area (Å²) in [7, 11) is 0. The Hall–Kier alpha value is -0.600. The lowest BCUT2D eigenvalue weighted by Gasteiger charge is -2.61. The maximum atomic E-state index is 12.1. The van der Waals surface area contributed by atoms with Crippen LogP contribution in [0.15, 0.2) is 0 Å². The van der Waals surface area contributed by atoms with Crippen molar-refractivity contribution in [3.63, 3.8) is 0 Å². The van der Waals surface area contributed by atoms with Crippen molar-refractivity contribution in [1.82, 2.24) is 0 Å². The van der Waals surface area contributed by atoms with Crippen molar-refractivity contribution < 1.29 is 14.3 Å². The van der Waals surface area contributed by atoms with Crippen LogP contribution < -0.4 is 0 Å². The van der Waals surface area contributed by atoms with E-state index in [1.807, 2.05) is 13.8 Å². The van der Waals surface area contributed by atoms with E-state index in [2.05, 4.69) is 25.7 Å². The molecule has 4 aliphatic carbocycles. The number of fused-ring (bicyclic) bond motifs is 5. The molecule has 0 amide bonds. The van der Waals surface area contributed by atoms with Crippen molar-refractivity contribution in [3.05, 3.63) is 0 Å². The van der Waals surface area contributed by atoms with Crippen LogP contribution in [0.25, 0.3) is 0 Å². The SMILES string of the molecule is CC.C[C@H](CCC(=O)OF)C1CCC2C3CCC4CCCCC4(C)C3CCC21C. The molecule has 0 radical (unpaired) electrons. The molecule has 29 heavy (non-hydrogen) atoms. The molecule has 0 bridgehead atoms. The van der Waals surface area contributed by atoms with Crippen molar-refractivity contribution in [1.29, 1.82) is 0 Å². The summed E-state index contributed by atoms with van der Waals surface area (Å²) >= 11 is 0. The first-order valence-electron chi connectivity index (χ1n) is 12.7. The highest BCUT2D eigenvalue weighted by Crippen LogP contribution is 2.68. The van der Waals surface area contributed by atoms with Crippen molar-refractivity contribution in [2.24, 2.45) is 46.3 Å². The minimum atomic E-state index is -0.700. The van der Waals surface area contributed by atoms with Gasteiger partial charge in [0.05, 0.1) is 0 Å². The van der Waals surface area contributed by atoms with Gasteiger partial charge in [-0.1, -0.05) is 47.5 Å². The van der Waals surface area contributed by atoms with Crippen LogP contribution in [0.1, 0.15) is 112 Å². The van der Waals surface area contributed by atoms with Crippen LogP contribution in [0, 0.1) is 46.3 Å². The third-order valence-electron chi connectivity index (χ3n) is 10.2. The highest BCUT2D eigenvalue weighted by Gasteiger charge is 2.60. The lowest BCUT2D eigenvalue weighted by Crippen LogP contribution is -2.53. The van der Waals surface area contributed by atoms with E-state index < -0.39 is 5.97 Å². The molecule has 0 N–H and O–H groups in total. The van der Waals surface area contributed by atoms with Gasteiger partial charge in [-0.05, 0) is 104 Å². The van der Waals surface area contributed by atoms with Gasteiger partial charge in [0.2, 0.25) is 0 Å². The fourth-order valence-corrected chi connectivity index (χ4v) is 8.86. The molecule has 4 fully saturated rings. The van der Waals surface area contributed by atoms with Gasteiger partial charge in [-0.3, -0.25) is 4.94 Å². The highest BCUT2D eigenvalue weighted by atomic mass is 19.3. The summed E-state index contributed by atoms with van der Waals surface area (Å²) in [6.45, 7) is 11.5. The summed E-state index contributed by atoms with van der Waals surface area (Å²) in [6.07, 6.45) is 15.2. The van der Waals surface area contributed by atoms with Gasteiger partial charge in [0.15, 0.2) is 0 Å². The van der Waals surface area contributed by atoms with E-state index >= 15 is 0 Å². The van der Waals surface area contributed by atoms with Crippen LogP contribution in [-0.2, 0) is 9.74 Å². The summed E-state index contributed by atoms with van der Waals surface area (Å²) in [4.78, 5) is 14.6. The molecule has 0 heterocycles. The van der Waals surface area contributed by atoms with Gasteiger partial charge in [-0.2, -0.15) is 0 Å². The molecule has 0 spiro atoms. The lowest BCUT2D eigenvalue weighted by atomic mass is 9.44. The van der Waals surface area contributed by atoms with Crippen molar-refractivity contribution in [3.8, 4) is 0 Å². The number of rotatable bonds is 4. The molecule has 8 atom stereocenters. The molecule has 4 rings (SSSR count). The smallest absolute Gasteiger partial charge is 0.255 e. The molecule has 0 aliphatic heterocycles. The molecule has 0 saturated heterocycles. The summed E-state index contributed by atoms with van der Waals surface area (Å²) in [5.74, 6) is 4.20. The van der Waals surface area contributed by atoms with E-state index in [1.54, 1.807) is 0 Å². The maximum Gasteiger partial charge on any atom is 0.348 e. The van der Waals surface area contributed by atoms with E-state index in [0.29, 0.717) is 22.7 Å². The van der Waals surface area contributed by atoms with Gasteiger partial charge < -0.3 is 0 Å².